The van der Waals surface area contributed by atoms with E-state index in [0.717, 1.165) is 28.0 Å². The van der Waals surface area contributed by atoms with Gasteiger partial charge in [0.1, 0.15) is 6.54 Å². The summed E-state index contributed by atoms with van der Waals surface area (Å²) in [5.41, 5.74) is 2.84. The zero-order chi connectivity index (χ0) is 17.1. The highest BCUT2D eigenvalue weighted by molar-refractivity contribution is 9.10. The van der Waals surface area contributed by atoms with Gasteiger partial charge in [0.2, 0.25) is 5.91 Å². The number of amides is 1. The Morgan fingerprint density at radius 2 is 1.92 bits per heavy atom. The summed E-state index contributed by atoms with van der Waals surface area (Å²) in [4.78, 5) is 12.2. The number of anilines is 1. The number of halogens is 2. The smallest absolute Gasteiger partial charge is 0.245 e. The molecule has 6 heteroatoms. The van der Waals surface area contributed by atoms with Crippen molar-refractivity contribution in [2.45, 2.75) is 6.92 Å². The summed E-state index contributed by atoms with van der Waals surface area (Å²) in [7, 11) is 0. The molecule has 1 aliphatic rings. The van der Waals surface area contributed by atoms with Gasteiger partial charge in [-0.15, -0.1) is 0 Å². The molecule has 0 aromatic heterocycles. The van der Waals surface area contributed by atoms with Gasteiger partial charge in [-0.05, 0) is 42.0 Å². The second-order valence-electron chi connectivity index (χ2n) is 5.80. The number of nitrogens with zero attached hydrogens (tertiary/aromatic N) is 2. The first kappa shape index (κ1) is 17.0. The second-order valence-corrected chi connectivity index (χ2v) is 7.15. The first-order valence-corrected chi connectivity index (χ1v) is 8.83. The Labute approximate surface area is 154 Å². The molecule has 1 N–H and O–H groups in total. The molecule has 3 rings (SSSR count). The number of hydrazone groups is 1. The van der Waals surface area contributed by atoms with Crippen LogP contribution in [0.5, 0.6) is 0 Å². The van der Waals surface area contributed by atoms with Gasteiger partial charge in [0, 0.05) is 27.6 Å². The molecule has 0 saturated heterocycles. The quantitative estimate of drug-likeness (QED) is 0.818. The van der Waals surface area contributed by atoms with E-state index in [2.05, 4.69) is 33.3 Å². The molecule has 2 aromatic rings. The number of carbonyl (C=O) groups is 1. The molecule has 1 heterocycles. The summed E-state index contributed by atoms with van der Waals surface area (Å²) in [6, 6.07) is 15.1. The molecule has 124 valence electrons. The average molecular weight is 407 g/mol. The maximum atomic E-state index is 12.2. The van der Waals surface area contributed by atoms with E-state index in [1.165, 1.54) is 0 Å². The standard InChI is InChI=1S/C18H17BrClN3O/c1-12-10-23(22-18(12)13-2-4-14(19)5-3-13)11-17(24)21-16-8-6-15(20)7-9-16/h2-9,12H,10-11H2,1H3,(H,21,24). The molecule has 24 heavy (non-hydrogen) atoms. The van der Waals surface area contributed by atoms with Gasteiger partial charge in [-0.2, -0.15) is 5.10 Å². The fraction of sp³-hybridized carbons (Fsp3) is 0.222. The van der Waals surface area contributed by atoms with E-state index >= 15 is 0 Å². The van der Waals surface area contributed by atoms with Crippen LogP contribution in [0.3, 0.4) is 0 Å². The minimum absolute atomic E-state index is 0.0923. The number of rotatable bonds is 4. The van der Waals surface area contributed by atoms with Gasteiger partial charge >= 0.3 is 0 Å². The van der Waals surface area contributed by atoms with Crippen molar-refractivity contribution in [2.75, 3.05) is 18.4 Å². The third-order valence-corrected chi connectivity index (χ3v) is 4.58. The zero-order valence-corrected chi connectivity index (χ0v) is 15.5. The van der Waals surface area contributed by atoms with E-state index < -0.39 is 0 Å². The molecule has 0 fully saturated rings. The third-order valence-electron chi connectivity index (χ3n) is 3.79. The van der Waals surface area contributed by atoms with Crippen LogP contribution >= 0.6 is 27.5 Å². The summed E-state index contributed by atoms with van der Waals surface area (Å²) >= 11 is 9.28. The number of carbonyl (C=O) groups excluding carboxylic acids is 1. The van der Waals surface area contributed by atoms with Crippen LogP contribution in [0, 0.1) is 5.92 Å². The van der Waals surface area contributed by atoms with Crippen LogP contribution in [0.15, 0.2) is 58.1 Å². The highest BCUT2D eigenvalue weighted by atomic mass is 79.9. The van der Waals surface area contributed by atoms with Crippen LogP contribution in [0.25, 0.3) is 0 Å². The lowest BCUT2D eigenvalue weighted by molar-refractivity contribution is -0.117. The topological polar surface area (TPSA) is 44.7 Å². The van der Waals surface area contributed by atoms with Crippen LogP contribution in [0.4, 0.5) is 5.69 Å². The van der Waals surface area contributed by atoms with E-state index in [4.69, 9.17) is 11.6 Å². The van der Waals surface area contributed by atoms with Crippen molar-refractivity contribution in [3.8, 4) is 0 Å². The Kier molecular flexibility index (Phi) is 5.21. The highest BCUT2D eigenvalue weighted by Gasteiger charge is 2.25. The van der Waals surface area contributed by atoms with Crippen molar-refractivity contribution in [1.29, 1.82) is 0 Å². The van der Waals surface area contributed by atoms with Crippen LogP contribution < -0.4 is 5.32 Å². The molecule has 0 bridgehead atoms. The zero-order valence-electron chi connectivity index (χ0n) is 13.2. The summed E-state index contributed by atoms with van der Waals surface area (Å²) in [6.45, 7) is 3.09. The van der Waals surface area contributed by atoms with Gasteiger partial charge in [-0.1, -0.05) is 46.6 Å². The molecule has 1 unspecified atom stereocenters. The number of benzene rings is 2. The lowest BCUT2D eigenvalue weighted by atomic mass is 10.00. The van der Waals surface area contributed by atoms with Crippen LogP contribution in [-0.2, 0) is 4.79 Å². The lowest BCUT2D eigenvalue weighted by Gasteiger charge is -2.14. The minimum Gasteiger partial charge on any atom is -0.324 e. The molecule has 1 atom stereocenters. The predicted molar refractivity (Wildman–Crippen MR) is 101 cm³/mol. The molecule has 2 aromatic carbocycles. The van der Waals surface area contributed by atoms with E-state index in [9.17, 15) is 4.79 Å². The monoisotopic (exact) mass is 405 g/mol. The number of nitrogens with one attached hydrogen (secondary N) is 1. The predicted octanol–water partition coefficient (Wildman–Crippen LogP) is 4.40. The van der Waals surface area contributed by atoms with Crippen molar-refractivity contribution in [3.63, 3.8) is 0 Å². The van der Waals surface area contributed by atoms with Gasteiger partial charge in [-0.3, -0.25) is 9.80 Å². The molecule has 0 radical (unpaired) electrons. The Bertz CT molecular complexity index is 759. The first-order valence-electron chi connectivity index (χ1n) is 7.66. The molecule has 4 nitrogen and oxygen atoms in total. The maximum absolute atomic E-state index is 12.2. The maximum Gasteiger partial charge on any atom is 0.245 e. The van der Waals surface area contributed by atoms with Gasteiger partial charge in [-0.25, -0.2) is 0 Å². The van der Waals surface area contributed by atoms with E-state index in [0.29, 0.717) is 5.02 Å². The lowest BCUT2D eigenvalue weighted by Crippen LogP contribution is -2.29. The van der Waals surface area contributed by atoms with Gasteiger partial charge in [0.25, 0.3) is 0 Å². The summed E-state index contributed by atoms with van der Waals surface area (Å²) in [5.74, 6) is 0.194. The molecular weight excluding hydrogens is 390 g/mol. The summed E-state index contributed by atoms with van der Waals surface area (Å²) in [6.07, 6.45) is 0. The van der Waals surface area contributed by atoms with E-state index in [1.807, 2.05) is 29.3 Å². The molecular formula is C18H17BrClN3O. The van der Waals surface area contributed by atoms with Gasteiger partial charge in [0.05, 0.1) is 5.71 Å². The minimum atomic E-state index is -0.0923. The summed E-state index contributed by atoms with van der Waals surface area (Å²) in [5, 5.41) is 9.93. The number of hydrogen-bond acceptors (Lipinski definition) is 3. The third kappa shape index (κ3) is 4.16. The average Bonchev–Trinajstić information content (AvgIpc) is 2.90. The fourth-order valence-electron chi connectivity index (χ4n) is 2.66. The molecule has 0 spiro atoms. The van der Waals surface area contributed by atoms with Crippen LogP contribution in [0.1, 0.15) is 12.5 Å². The number of hydrogen-bond donors (Lipinski definition) is 1. The normalized spacial score (nSPS) is 16.9. The van der Waals surface area contributed by atoms with E-state index in [-0.39, 0.29) is 18.4 Å². The Balaban J connectivity index is 1.64. The largest absolute Gasteiger partial charge is 0.324 e. The van der Waals surface area contributed by atoms with Crippen molar-refractivity contribution in [3.05, 3.63) is 63.6 Å². The summed E-state index contributed by atoms with van der Waals surface area (Å²) < 4.78 is 1.04. The molecule has 1 amide bonds. The molecule has 0 aliphatic carbocycles. The van der Waals surface area contributed by atoms with Crippen molar-refractivity contribution < 1.29 is 4.79 Å². The SMILES string of the molecule is CC1CN(CC(=O)Nc2ccc(Cl)cc2)N=C1c1ccc(Br)cc1. The highest BCUT2D eigenvalue weighted by Crippen LogP contribution is 2.21. The molecule has 0 saturated carbocycles. The molecule has 1 aliphatic heterocycles. The van der Waals surface area contributed by atoms with Crippen molar-refractivity contribution in [2.24, 2.45) is 11.0 Å². The Morgan fingerprint density at radius 3 is 2.58 bits per heavy atom. The Morgan fingerprint density at radius 1 is 1.25 bits per heavy atom. The first-order chi connectivity index (χ1) is 11.5. The Hall–Kier alpha value is -1.85. The second kappa shape index (κ2) is 7.36. The van der Waals surface area contributed by atoms with Crippen LogP contribution in [0.2, 0.25) is 5.02 Å². The van der Waals surface area contributed by atoms with E-state index in [1.54, 1.807) is 24.3 Å². The van der Waals surface area contributed by atoms with Gasteiger partial charge in [0.15, 0.2) is 0 Å². The van der Waals surface area contributed by atoms with Crippen LogP contribution in [-0.4, -0.2) is 29.7 Å². The fourth-order valence-corrected chi connectivity index (χ4v) is 3.05. The van der Waals surface area contributed by atoms with Gasteiger partial charge < -0.3 is 5.32 Å². The van der Waals surface area contributed by atoms with Crippen molar-refractivity contribution in [1.82, 2.24) is 5.01 Å². The van der Waals surface area contributed by atoms with Crippen molar-refractivity contribution >= 4 is 44.8 Å².